The van der Waals surface area contributed by atoms with Crippen molar-refractivity contribution in [3.63, 3.8) is 0 Å². The number of aromatic amines is 1. The lowest BCUT2D eigenvalue weighted by Gasteiger charge is -2.06. The minimum atomic E-state index is 0.559. The Hall–Kier alpha value is -3.04. The van der Waals surface area contributed by atoms with E-state index >= 15 is 0 Å². The number of ether oxygens (including phenoxy) is 1. The summed E-state index contributed by atoms with van der Waals surface area (Å²) in [6.07, 6.45) is 1.94. The van der Waals surface area contributed by atoms with Crippen LogP contribution in [0.1, 0.15) is 5.56 Å². The molecule has 0 aliphatic heterocycles. The van der Waals surface area contributed by atoms with Gasteiger partial charge in [-0.05, 0) is 46.0 Å². The van der Waals surface area contributed by atoms with Gasteiger partial charge < -0.3 is 9.72 Å². The molecule has 0 saturated carbocycles. The number of hydrogen-bond donors (Lipinski definition) is 1. The fourth-order valence-corrected chi connectivity index (χ4v) is 4.37. The van der Waals surface area contributed by atoms with Crippen LogP contribution in [0.2, 0.25) is 0 Å². The summed E-state index contributed by atoms with van der Waals surface area (Å²) >= 11 is 1.81. The van der Waals surface area contributed by atoms with Crippen LogP contribution in [-0.4, -0.2) is 4.98 Å². The molecule has 0 radical (unpaired) electrons. The fourth-order valence-electron chi connectivity index (χ4n) is 3.26. The van der Waals surface area contributed by atoms with Gasteiger partial charge in [0, 0.05) is 15.8 Å². The monoisotopic (exact) mass is 355 g/mol. The molecule has 0 spiro atoms. The summed E-state index contributed by atoms with van der Waals surface area (Å²) in [5.74, 6) is 0.824. The van der Waals surface area contributed by atoms with Crippen molar-refractivity contribution in [2.24, 2.45) is 0 Å². The number of benzene rings is 3. The third-order valence-corrected chi connectivity index (χ3v) is 5.72. The van der Waals surface area contributed by atoms with Gasteiger partial charge in [-0.3, -0.25) is 0 Å². The Morgan fingerprint density at radius 1 is 0.769 bits per heavy atom. The molecule has 0 saturated heterocycles. The van der Waals surface area contributed by atoms with Crippen molar-refractivity contribution in [2.45, 2.75) is 6.61 Å². The van der Waals surface area contributed by atoms with E-state index in [0.717, 1.165) is 17.0 Å². The molecule has 0 atom stereocenters. The minimum absolute atomic E-state index is 0.559. The molecule has 0 unspecified atom stereocenters. The summed E-state index contributed by atoms with van der Waals surface area (Å²) in [5.41, 5.74) is 2.28. The summed E-state index contributed by atoms with van der Waals surface area (Å²) in [7, 11) is 0. The van der Waals surface area contributed by atoms with Crippen LogP contribution in [0.5, 0.6) is 5.88 Å². The molecule has 126 valence electrons. The largest absolute Gasteiger partial charge is 0.474 e. The summed E-state index contributed by atoms with van der Waals surface area (Å²) in [6.45, 7) is 0.559. The first-order chi connectivity index (χ1) is 12.9. The Bertz CT molecular complexity index is 1130. The van der Waals surface area contributed by atoms with Gasteiger partial charge in [-0.25, -0.2) is 0 Å². The van der Waals surface area contributed by atoms with Crippen molar-refractivity contribution >= 4 is 32.2 Å². The van der Waals surface area contributed by atoms with E-state index in [0.29, 0.717) is 6.61 Å². The second-order valence-corrected chi connectivity index (χ2v) is 7.43. The van der Waals surface area contributed by atoms with E-state index in [9.17, 15) is 0 Å². The van der Waals surface area contributed by atoms with E-state index in [1.54, 1.807) is 11.3 Å². The predicted molar refractivity (Wildman–Crippen MR) is 110 cm³/mol. The number of aromatic nitrogens is 1. The molecule has 5 rings (SSSR count). The Balaban J connectivity index is 1.50. The van der Waals surface area contributed by atoms with Crippen LogP contribution in [0.3, 0.4) is 0 Å². The SMILES string of the molecule is c1ccc(COc2[nH]ccc2-c2cc3cc4ccccc4cc3s2)cc1. The molecule has 2 aromatic heterocycles. The standard InChI is InChI=1S/C23H17NOS/c1-2-6-16(7-3-1)15-25-23-20(10-11-24-23)22-14-19-12-17-8-4-5-9-18(17)13-21(19)26-22/h1-14,24H,15H2. The predicted octanol–water partition coefficient (Wildman–Crippen LogP) is 6.63. The number of nitrogens with one attached hydrogen (secondary N) is 1. The first-order valence-electron chi connectivity index (χ1n) is 8.64. The van der Waals surface area contributed by atoms with Gasteiger partial charge in [0.05, 0.1) is 5.56 Å². The third kappa shape index (κ3) is 2.76. The van der Waals surface area contributed by atoms with Crippen molar-refractivity contribution in [2.75, 3.05) is 0 Å². The van der Waals surface area contributed by atoms with E-state index in [2.05, 4.69) is 65.6 Å². The highest BCUT2D eigenvalue weighted by molar-refractivity contribution is 7.22. The van der Waals surface area contributed by atoms with Crippen LogP contribution in [0, 0.1) is 0 Å². The Labute approximate surface area is 155 Å². The highest BCUT2D eigenvalue weighted by Gasteiger charge is 2.12. The zero-order valence-corrected chi connectivity index (χ0v) is 14.9. The summed E-state index contributed by atoms with van der Waals surface area (Å²) in [5, 5.41) is 3.83. The first-order valence-corrected chi connectivity index (χ1v) is 9.45. The molecule has 2 heterocycles. The normalized spacial score (nSPS) is 11.2. The second kappa shape index (κ2) is 6.36. The summed E-state index contributed by atoms with van der Waals surface area (Å²) in [4.78, 5) is 4.46. The van der Waals surface area contributed by atoms with Gasteiger partial charge in [0.25, 0.3) is 0 Å². The highest BCUT2D eigenvalue weighted by atomic mass is 32.1. The number of rotatable bonds is 4. The number of hydrogen-bond acceptors (Lipinski definition) is 2. The minimum Gasteiger partial charge on any atom is -0.474 e. The maximum Gasteiger partial charge on any atom is 0.200 e. The van der Waals surface area contributed by atoms with Crippen LogP contribution < -0.4 is 4.74 Å². The zero-order valence-electron chi connectivity index (χ0n) is 14.1. The van der Waals surface area contributed by atoms with Crippen molar-refractivity contribution in [3.8, 4) is 16.3 Å². The van der Waals surface area contributed by atoms with E-state index < -0.39 is 0 Å². The molecule has 0 fully saturated rings. The molecule has 0 amide bonds. The van der Waals surface area contributed by atoms with Gasteiger partial charge in [0.1, 0.15) is 6.61 Å². The average molecular weight is 355 g/mol. The lowest BCUT2D eigenvalue weighted by Crippen LogP contribution is -1.95. The quantitative estimate of drug-likeness (QED) is 0.384. The molecular formula is C23H17NOS. The van der Waals surface area contributed by atoms with Gasteiger partial charge in [-0.1, -0.05) is 54.6 Å². The lowest BCUT2D eigenvalue weighted by atomic mass is 10.1. The molecule has 3 heteroatoms. The summed E-state index contributed by atoms with van der Waals surface area (Å²) < 4.78 is 7.34. The molecule has 1 N–H and O–H groups in total. The van der Waals surface area contributed by atoms with Gasteiger partial charge in [-0.15, -0.1) is 11.3 Å². The highest BCUT2D eigenvalue weighted by Crippen LogP contribution is 2.39. The smallest absolute Gasteiger partial charge is 0.200 e. The van der Waals surface area contributed by atoms with Crippen LogP contribution in [-0.2, 0) is 6.61 Å². The molecule has 0 aliphatic carbocycles. The topological polar surface area (TPSA) is 25.0 Å². The zero-order chi connectivity index (χ0) is 17.3. The van der Waals surface area contributed by atoms with Gasteiger partial charge in [0.15, 0.2) is 5.88 Å². The first kappa shape index (κ1) is 15.2. The molecular weight excluding hydrogens is 338 g/mol. The fraction of sp³-hybridized carbons (Fsp3) is 0.0435. The van der Waals surface area contributed by atoms with Crippen molar-refractivity contribution < 1.29 is 4.74 Å². The van der Waals surface area contributed by atoms with Crippen LogP contribution in [0.25, 0.3) is 31.3 Å². The van der Waals surface area contributed by atoms with E-state index in [-0.39, 0.29) is 0 Å². The van der Waals surface area contributed by atoms with E-state index in [1.807, 2.05) is 24.4 Å². The van der Waals surface area contributed by atoms with E-state index in [1.165, 1.54) is 25.7 Å². The molecule has 2 nitrogen and oxygen atoms in total. The lowest BCUT2D eigenvalue weighted by molar-refractivity contribution is 0.297. The molecule has 5 aromatic rings. The second-order valence-electron chi connectivity index (χ2n) is 6.34. The molecule has 0 aliphatic rings. The maximum absolute atomic E-state index is 6.04. The number of fused-ring (bicyclic) bond motifs is 2. The van der Waals surface area contributed by atoms with Crippen molar-refractivity contribution in [3.05, 3.63) is 90.6 Å². The summed E-state index contributed by atoms with van der Waals surface area (Å²) in [6, 6.07) is 27.6. The molecule has 26 heavy (non-hydrogen) atoms. The van der Waals surface area contributed by atoms with E-state index in [4.69, 9.17) is 4.74 Å². The Kier molecular flexibility index (Phi) is 3.72. The van der Waals surface area contributed by atoms with Crippen LogP contribution in [0.15, 0.2) is 85.1 Å². The molecule has 3 aromatic carbocycles. The van der Waals surface area contributed by atoms with Crippen LogP contribution in [0.4, 0.5) is 0 Å². The number of H-pyrrole nitrogens is 1. The van der Waals surface area contributed by atoms with Crippen molar-refractivity contribution in [1.82, 2.24) is 4.98 Å². The van der Waals surface area contributed by atoms with Gasteiger partial charge in [0.2, 0.25) is 0 Å². The third-order valence-electron chi connectivity index (χ3n) is 4.59. The van der Waals surface area contributed by atoms with Gasteiger partial charge in [-0.2, -0.15) is 0 Å². The average Bonchev–Trinajstić information content (AvgIpc) is 3.31. The number of thiophene rings is 1. The van der Waals surface area contributed by atoms with Crippen molar-refractivity contribution in [1.29, 1.82) is 0 Å². The van der Waals surface area contributed by atoms with Crippen LogP contribution >= 0.6 is 11.3 Å². The Morgan fingerprint density at radius 3 is 2.38 bits per heavy atom. The maximum atomic E-state index is 6.04. The Morgan fingerprint density at radius 2 is 1.54 bits per heavy atom. The molecule has 0 bridgehead atoms. The van der Waals surface area contributed by atoms with Gasteiger partial charge >= 0.3 is 0 Å².